The molecule has 0 aromatic heterocycles. The molecule has 0 saturated carbocycles. The molecule has 5 nitrogen and oxygen atoms in total. The van der Waals surface area contributed by atoms with E-state index in [1.54, 1.807) is 14.2 Å². The van der Waals surface area contributed by atoms with Gasteiger partial charge in [0.15, 0.2) is 0 Å². The van der Waals surface area contributed by atoms with Crippen molar-refractivity contribution in [3.8, 4) is 0 Å². The summed E-state index contributed by atoms with van der Waals surface area (Å²) in [5.41, 5.74) is 0.595. The molecule has 2 N–H and O–H groups in total. The lowest BCUT2D eigenvalue weighted by Crippen LogP contribution is -2.53. The number of aliphatic hydroxyl groups is 1. The second-order valence-corrected chi connectivity index (χ2v) is 5.12. The number of hydrogen-bond donors (Lipinski definition) is 2. The van der Waals surface area contributed by atoms with Crippen molar-refractivity contribution in [2.75, 3.05) is 60.7 Å². The smallest absolute Gasteiger partial charge is 0.0795 e. The molecule has 1 aromatic rings. The Morgan fingerprint density at radius 2 is 1.67 bits per heavy atom. The third-order valence-electron chi connectivity index (χ3n) is 3.79. The Morgan fingerprint density at radius 1 is 1.10 bits per heavy atom. The highest BCUT2D eigenvalue weighted by Crippen LogP contribution is 2.21. The summed E-state index contributed by atoms with van der Waals surface area (Å²) in [6.07, 6.45) is 0. The lowest BCUT2D eigenvalue weighted by molar-refractivity contribution is 0.0702. The lowest BCUT2D eigenvalue weighted by Gasteiger charge is -2.37. The quantitative estimate of drug-likeness (QED) is 0.629. The van der Waals surface area contributed by atoms with Gasteiger partial charge in [-0.2, -0.15) is 0 Å². The van der Waals surface area contributed by atoms with E-state index in [9.17, 15) is 5.11 Å². The minimum atomic E-state index is -0.483. The molecule has 0 aliphatic heterocycles. The first-order chi connectivity index (χ1) is 10.2. The van der Waals surface area contributed by atoms with Crippen LogP contribution in [0, 0.1) is 0 Å². The van der Waals surface area contributed by atoms with E-state index in [2.05, 4.69) is 10.2 Å². The molecule has 0 heterocycles. The fourth-order valence-electron chi connectivity index (χ4n) is 2.38. The molecule has 1 unspecified atom stereocenters. The standard InChI is InChI=1S/C16H28N2O3/c1-17-16(14-19,15-7-5-4-6-8-15)13-18(9-11-20-2)10-12-21-3/h4-8,17,19H,9-14H2,1-3H3. The van der Waals surface area contributed by atoms with Crippen molar-refractivity contribution >= 4 is 0 Å². The molecule has 0 amide bonds. The molecule has 0 fully saturated rings. The molecule has 21 heavy (non-hydrogen) atoms. The summed E-state index contributed by atoms with van der Waals surface area (Å²) in [6.45, 7) is 3.64. The van der Waals surface area contributed by atoms with Crippen LogP contribution in [0.3, 0.4) is 0 Å². The Hall–Kier alpha value is -0.980. The van der Waals surface area contributed by atoms with Crippen molar-refractivity contribution in [1.29, 1.82) is 0 Å². The van der Waals surface area contributed by atoms with E-state index in [0.717, 1.165) is 18.7 Å². The van der Waals surface area contributed by atoms with Crippen LogP contribution in [0.1, 0.15) is 5.56 Å². The van der Waals surface area contributed by atoms with Gasteiger partial charge in [-0.3, -0.25) is 4.90 Å². The Kier molecular flexibility index (Phi) is 8.49. The van der Waals surface area contributed by atoms with Crippen LogP contribution in [0.15, 0.2) is 30.3 Å². The highest BCUT2D eigenvalue weighted by Gasteiger charge is 2.31. The second kappa shape index (κ2) is 9.87. The van der Waals surface area contributed by atoms with Crippen LogP contribution in [-0.4, -0.2) is 70.7 Å². The molecule has 0 saturated heterocycles. The maximum Gasteiger partial charge on any atom is 0.0795 e. The minimum absolute atomic E-state index is 0.0317. The zero-order valence-corrected chi connectivity index (χ0v) is 13.3. The number of hydrogen-bond acceptors (Lipinski definition) is 5. The molecular formula is C16H28N2O3. The highest BCUT2D eigenvalue weighted by atomic mass is 16.5. The van der Waals surface area contributed by atoms with Crippen molar-refractivity contribution < 1.29 is 14.6 Å². The van der Waals surface area contributed by atoms with Crippen LogP contribution >= 0.6 is 0 Å². The maximum absolute atomic E-state index is 9.98. The summed E-state index contributed by atoms with van der Waals surface area (Å²) in [5, 5.41) is 13.3. The molecule has 0 spiro atoms. The minimum Gasteiger partial charge on any atom is -0.394 e. The molecule has 120 valence electrons. The molecule has 0 bridgehead atoms. The van der Waals surface area contributed by atoms with Crippen LogP contribution in [0.4, 0.5) is 0 Å². The van der Waals surface area contributed by atoms with E-state index in [1.165, 1.54) is 0 Å². The van der Waals surface area contributed by atoms with E-state index in [-0.39, 0.29) is 6.61 Å². The number of aliphatic hydroxyl groups excluding tert-OH is 1. The number of benzene rings is 1. The van der Waals surface area contributed by atoms with Gasteiger partial charge in [0.05, 0.1) is 25.4 Å². The maximum atomic E-state index is 9.98. The number of rotatable bonds is 11. The van der Waals surface area contributed by atoms with E-state index in [1.807, 2.05) is 37.4 Å². The van der Waals surface area contributed by atoms with Crippen LogP contribution in [0.2, 0.25) is 0 Å². The molecule has 0 radical (unpaired) electrons. The Morgan fingerprint density at radius 3 is 2.10 bits per heavy atom. The third-order valence-corrected chi connectivity index (χ3v) is 3.79. The van der Waals surface area contributed by atoms with Gasteiger partial charge in [-0.25, -0.2) is 0 Å². The van der Waals surface area contributed by atoms with Gasteiger partial charge in [0, 0.05) is 33.9 Å². The summed E-state index contributed by atoms with van der Waals surface area (Å²) in [5.74, 6) is 0. The molecule has 1 atom stereocenters. The monoisotopic (exact) mass is 296 g/mol. The van der Waals surface area contributed by atoms with Gasteiger partial charge < -0.3 is 19.9 Å². The number of ether oxygens (including phenoxy) is 2. The van der Waals surface area contributed by atoms with Crippen molar-refractivity contribution in [3.05, 3.63) is 35.9 Å². The van der Waals surface area contributed by atoms with Gasteiger partial charge in [0.25, 0.3) is 0 Å². The molecule has 0 aliphatic rings. The zero-order chi connectivity index (χ0) is 15.6. The van der Waals surface area contributed by atoms with Gasteiger partial charge in [-0.15, -0.1) is 0 Å². The number of nitrogens with zero attached hydrogens (tertiary/aromatic N) is 1. The predicted molar refractivity (Wildman–Crippen MR) is 84.5 cm³/mol. The number of nitrogens with one attached hydrogen (secondary N) is 1. The van der Waals surface area contributed by atoms with Crippen molar-refractivity contribution in [2.24, 2.45) is 0 Å². The Balaban J connectivity index is 2.86. The first kappa shape index (κ1) is 18.1. The van der Waals surface area contributed by atoms with Crippen LogP contribution in [-0.2, 0) is 15.0 Å². The van der Waals surface area contributed by atoms with Crippen LogP contribution < -0.4 is 5.32 Å². The van der Waals surface area contributed by atoms with Crippen LogP contribution in [0.5, 0.6) is 0 Å². The zero-order valence-electron chi connectivity index (χ0n) is 13.3. The first-order valence-corrected chi connectivity index (χ1v) is 7.28. The second-order valence-electron chi connectivity index (χ2n) is 5.12. The predicted octanol–water partition coefficient (Wildman–Crippen LogP) is 0.688. The lowest BCUT2D eigenvalue weighted by atomic mass is 9.90. The van der Waals surface area contributed by atoms with Crippen LogP contribution in [0.25, 0.3) is 0 Å². The fourth-order valence-corrected chi connectivity index (χ4v) is 2.38. The summed E-state index contributed by atoms with van der Waals surface area (Å²) in [6, 6.07) is 10.0. The molecular weight excluding hydrogens is 268 g/mol. The first-order valence-electron chi connectivity index (χ1n) is 7.28. The normalized spacial score (nSPS) is 14.3. The largest absolute Gasteiger partial charge is 0.394 e. The van der Waals surface area contributed by atoms with Crippen molar-refractivity contribution in [2.45, 2.75) is 5.54 Å². The number of likely N-dealkylation sites (N-methyl/N-ethyl adjacent to an activating group) is 1. The summed E-state index contributed by atoms with van der Waals surface area (Å²) in [7, 11) is 5.28. The van der Waals surface area contributed by atoms with Crippen molar-refractivity contribution in [3.63, 3.8) is 0 Å². The number of methoxy groups -OCH3 is 2. The van der Waals surface area contributed by atoms with Gasteiger partial charge in [0.1, 0.15) is 0 Å². The molecule has 1 rings (SSSR count). The van der Waals surface area contributed by atoms with E-state index >= 15 is 0 Å². The molecule has 1 aromatic carbocycles. The van der Waals surface area contributed by atoms with E-state index in [0.29, 0.717) is 19.8 Å². The topological polar surface area (TPSA) is 54.0 Å². The molecule has 5 heteroatoms. The average molecular weight is 296 g/mol. The SMILES string of the molecule is CNC(CO)(CN(CCOC)CCOC)c1ccccc1. The van der Waals surface area contributed by atoms with Crippen molar-refractivity contribution in [1.82, 2.24) is 10.2 Å². The van der Waals surface area contributed by atoms with Gasteiger partial charge in [0.2, 0.25) is 0 Å². The Bertz CT molecular complexity index is 361. The summed E-state index contributed by atoms with van der Waals surface area (Å²) >= 11 is 0. The van der Waals surface area contributed by atoms with E-state index < -0.39 is 5.54 Å². The summed E-state index contributed by atoms with van der Waals surface area (Å²) < 4.78 is 10.3. The van der Waals surface area contributed by atoms with Gasteiger partial charge in [-0.05, 0) is 12.6 Å². The third kappa shape index (κ3) is 5.37. The fraction of sp³-hybridized carbons (Fsp3) is 0.625. The Labute approximate surface area is 127 Å². The molecule has 0 aliphatic carbocycles. The average Bonchev–Trinajstić information content (AvgIpc) is 2.55. The van der Waals surface area contributed by atoms with Gasteiger partial charge >= 0.3 is 0 Å². The summed E-state index contributed by atoms with van der Waals surface area (Å²) in [4.78, 5) is 2.24. The highest BCUT2D eigenvalue weighted by molar-refractivity contribution is 5.25. The van der Waals surface area contributed by atoms with Gasteiger partial charge in [-0.1, -0.05) is 30.3 Å². The van der Waals surface area contributed by atoms with E-state index in [4.69, 9.17) is 9.47 Å².